The second kappa shape index (κ2) is 4.59. The number of aromatic nitrogens is 4. The smallest absolute Gasteiger partial charge is 0.190 e. The Bertz CT molecular complexity index is 748. The van der Waals surface area contributed by atoms with E-state index in [0.717, 1.165) is 11.3 Å². The molecule has 0 bridgehead atoms. The SMILES string of the molecule is N#Cc1n[nH]nc1-c1ccn(-c2ccc(Cl)cc2)c1. The van der Waals surface area contributed by atoms with Crippen molar-refractivity contribution < 1.29 is 0 Å². The predicted octanol–water partition coefficient (Wildman–Crippen LogP) is 2.79. The van der Waals surface area contributed by atoms with Crippen molar-refractivity contribution in [1.29, 1.82) is 5.26 Å². The first-order valence-electron chi connectivity index (χ1n) is 5.53. The van der Waals surface area contributed by atoms with Gasteiger partial charge in [-0.3, -0.25) is 0 Å². The third-order valence-corrected chi connectivity index (χ3v) is 3.00. The first-order valence-corrected chi connectivity index (χ1v) is 5.91. The summed E-state index contributed by atoms with van der Waals surface area (Å²) < 4.78 is 1.93. The average molecular weight is 270 g/mol. The van der Waals surface area contributed by atoms with Crippen molar-refractivity contribution in [2.45, 2.75) is 0 Å². The van der Waals surface area contributed by atoms with Gasteiger partial charge in [0.15, 0.2) is 5.69 Å². The monoisotopic (exact) mass is 269 g/mol. The number of benzene rings is 1. The van der Waals surface area contributed by atoms with Gasteiger partial charge in [0.05, 0.1) is 0 Å². The molecule has 5 nitrogen and oxygen atoms in total. The standard InChI is InChI=1S/C13H8ClN5/c14-10-1-3-11(4-2-10)19-6-5-9(8-19)13-12(7-15)16-18-17-13/h1-6,8H,(H,16,17,18). The van der Waals surface area contributed by atoms with Gasteiger partial charge in [0, 0.05) is 28.7 Å². The van der Waals surface area contributed by atoms with Gasteiger partial charge in [0.25, 0.3) is 0 Å². The van der Waals surface area contributed by atoms with Crippen LogP contribution >= 0.6 is 11.6 Å². The van der Waals surface area contributed by atoms with Gasteiger partial charge < -0.3 is 4.57 Å². The molecule has 0 unspecified atom stereocenters. The number of aromatic amines is 1. The molecule has 1 aromatic carbocycles. The third kappa shape index (κ3) is 2.09. The van der Waals surface area contributed by atoms with E-state index in [1.165, 1.54) is 0 Å². The van der Waals surface area contributed by atoms with Gasteiger partial charge in [-0.15, -0.1) is 5.10 Å². The first-order chi connectivity index (χ1) is 9.28. The highest BCUT2D eigenvalue weighted by atomic mass is 35.5. The number of halogens is 1. The summed E-state index contributed by atoms with van der Waals surface area (Å²) in [6.07, 6.45) is 3.79. The molecular weight excluding hydrogens is 262 g/mol. The molecule has 0 saturated carbocycles. The molecule has 19 heavy (non-hydrogen) atoms. The van der Waals surface area contributed by atoms with E-state index in [0.29, 0.717) is 10.7 Å². The lowest BCUT2D eigenvalue weighted by atomic mass is 10.2. The molecule has 3 rings (SSSR count). The fraction of sp³-hybridized carbons (Fsp3) is 0. The van der Waals surface area contributed by atoms with Crippen molar-refractivity contribution in [3.05, 3.63) is 53.4 Å². The number of nitriles is 1. The fourth-order valence-electron chi connectivity index (χ4n) is 1.82. The highest BCUT2D eigenvalue weighted by Crippen LogP contribution is 2.22. The summed E-state index contributed by atoms with van der Waals surface area (Å²) in [5.74, 6) is 0. The van der Waals surface area contributed by atoms with E-state index >= 15 is 0 Å². The Labute approximate surface area is 114 Å². The van der Waals surface area contributed by atoms with Crippen molar-refractivity contribution in [3.63, 3.8) is 0 Å². The lowest BCUT2D eigenvalue weighted by molar-refractivity contribution is 0.937. The molecule has 0 radical (unpaired) electrons. The molecule has 2 aromatic heterocycles. The van der Waals surface area contributed by atoms with Crippen LogP contribution < -0.4 is 0 Å². The molecule has 0 aliphatic heterocycles. The molecule has 0 amide bonds. The van der Waals surface area contributed by atoms with Crippen LogP contribution in [0.3, 0.4) is 0 Å². The number of nitrogens with zero attached hydrogens (tertiary/aromatic N) is 4. The van der Waals surface area contributed by atoms with Crippen LogP contribution in [0.15, 0.2) is 42.7 Å². The number of H-pyrrole nitrogens is 1. The van der Waals surface area contributed by atoms with Crippen LogP contribution in [-0.2, 0) is 0 Å². The minimum atomic E-state index is 0.286. The topological polar surface area (TPSA) is 70.3 Å². The maximum absolute atomic E-state index is 8.93. The molecule has 0 aliphatic carbocycles. The van der Waals surface area contributed by atoms with Gasteiger partial charge in [-0.1, -0.05) is 11.6 Å². The molecule has 6 heteroatoms. The molecule has 0 saturated heterocycles. The predicted molar refractivity (Wildman–Crippen MR) is 70.9 cm³/mol. The highest BCUT2D eigenvalue weighted by molar-refractivity contribution is 6.30. The number of rotatable bonds is 2. The summed E-state index contributed by atoms with van der Waals surface area (Å²) in [6, 6.07) is 11.4. The molecule has 1 N–H and O–H groups in total. The second-order valence-corrected chi connectivity index (χ2v) is 4.35. The van der Waals surface area contributed by atoms with E-state index in [1.54, 1.807) is 0 Å². The van der Waals surface area contributed by atoms with Crippen molar-refractivity contribution in [1.82, 2.24) is 20.0 Å². The van der Waals surface area contributed by atoms with Crippen LogP contribution in [0.1, 0.15) is 5.69 Å². The van der Waals surface area contributed by atoms with Gasteiger partial charge in [-0.25, -0.2) is 0 Å². The van der Waals surface area contributed by atoms with Crippen molar-refractivity contribution >= 4 is 11.6 Å². The minimum absolute atomic E-state index is 0.286. The van der Waals surface area contributed by atoms with E-state index in [9.17, 15) is 0 Å². The average Bonchev–Trinajstić information content (AvgIpc) is 3.07. The quantitative estimate of drug-likeness (QED) is 0.778. The Hall–Kier alpha value is -2.58. The fourth-order valence-corrected chi connectivity index (χ4v) is 1.95. The first kappa shape index (κ1) is 11.5. The Morgan fingerprint density at radius 3 is 2.68 bits per heavy atom. The van der Waals surface area contributed by atoms with Crippen LogP contribution in [0.5, 0.6) is 0 Å². The van der Waals surface area contributed by atoms with E-state index in [4.69, 9.17) is 16.9 Å². The zero-order chi connectivity index (χ0) is 13.2. The maximum Gasteiger partial charge on any atom is 0.190 e. The zero-order valence-corrected chi connectivity index (χ0v) is 10.5. The Morgan fingerprint density at radius 1 is 1.16 bits per heavy atom. The molecule has 0 aliphatic rings. The van der Waals surface area contributed by atoms with Crippen LogP contribution in [0.25, 0.3) is 16.9 Å². The second-order valence-electron chi connectivity index (χ2n) is 3.92. The van der Waals surface area contributed by atoms with Crippen molar-refractivity contribution in [2.24, 2.45) is 0 Å². The van der Waals surface area contributed by atoms with Crippen molar-refractivity contribution in [3.8, 4) is 23.0 Å². The summed E-state index contributed by atoms with van der Waals surface area (Å²) in [4.78, 5) is 0. The zero-order valence-electron chi connectivity index (χ0n) is 9.71. The van der Waals surface area contributed by atoms with Gasteiger partial charge in [-0.05, 0) is 30.3 Å². The summed E-state index contributed by atoms with van der Waals surface area (Å²) >= 11 is 5.86. The highest BCUT2D eigenvalue weighted by Gasteiger charge is 2.11. The Kier molecular flexibility index (Phi) is 2.78. The maximum atomic E-state index is 8.93. The molecule has 92 valence electrons. The van der Waals surface area contributed by atoms with Gasteiger partial charge in [0.2, 0.25) is 0 Å². The number of nitrogens with one attached hydrogen (secondary N) is 1. The van der Waals surface area contributed by atoms with Crippen LogP contribution in [0.4, 0.5) is 0 Å². The largest absolute Gasteiger partial charge is 0.323 e. The van der Waals surface area contributed by atoms with Crippen LogP contribution in [0, 0.1) is 11.3 Å². The molecular formula is C13H8ClN5. The van der Waals surface area contributed by atoms with Crippen LogP contribution in [0.2, 0.25) is 5.02 Å². The Balaban J connectivity index is 2.00. The van der Waals surface area contributed by atoms with Gasteiger partial charge >= 0.3 is 0 Å². The van der Waals surface area contributed by atoms with E-state index in [-0.39, 0.29) is 5.69 Å². The summed E-state index contributed by atoms with van der Waals surface area (Å²) in [7, 11) is 0. The Morgan fingerprint density at radius 2 is 1.95 bits per heavy atom. The lowest BCUT2D eigenvalue weighted by Crippen LogP contribution is -1.88. The molecule has 0 atom stereocenters. The summed E-state index contributed by atoms with van der Waals surface area (Å²) in [5, 5.41) is 19.8. The normalized spacial score (nSPS) is 10.3. The molecule has 2 heterocycles. The molecule has 0 fully saturated rings. The minimum Gasteiger partial charge on any atom is -0.323 e. The van der Waals surface area contributed by atoms with Crippen LogP contribution in [-0.4, -0.2) is 20.0 Å². The van der Waals surface area contributed by atoms with E-state index in [2.05, 4.69) is 15.4 Å². The summed E-state index contributed by atoms with van der Waals surface area (Å²) in [5.41, 5.74) is 2.65. The van der Waals surface area contributed by atoms with E-state index < -0.39 is 0 Å². The molecule has 0 spiro atoms. The molecule has 3 aromatic rings. The lowest BCUT2D eigenvalue weighted by Gasteiger charge is -2.01. The number of hydrogen-bond donors (Lipinski definition) is 1. The third-order valence-electron chi connectivity index (χ3n) is 2.74. The summed E-state index contributed by atoms with van der Waals surface area (Å²) in [6.45, 7) is 0. The number of hydrogen-bond acceptors (Lipinski definition) is 3. The van der Waals surface area contributed by atoms with Crippen molar-refractivity contribution in [2.75, 3.05) is 0 Å². The van der Waals surface area contributed by atoms with Gasteiger partial charge in [0.1, 0.15) is 11.8 Å². The van der Waals surface area contributed by atoms with E-state index in [1.807, 2.05) is 53.4 Å². The van der Waals surface area contributed by atoms with Gasteiger partial charge in [-0.2, -0.15) is 15.6 Å².